The van der Waals surface area contributed by atoms with Gasteiger partial charge in [-0.2, -0.15) is 0 Å². The first-order chi connectivity index (χ1) is 36.1. The summed E-state index contributed by atoms with van der Waals surface area (Å²) in [7, 11) is -4.61. The van der Waals surface area contributed by atoms with Gasteiger partial charge in [-0.25, -0.2) is 4.57 Å². The molecule has 3 aromatic rings. The van der Waals surface area contributed by atoms with Gasteiger partial charge in [0.05, 0.1) is 56.3 Å². The molecule has 14 heteroatoms. The Labute approximate surface area is 443 Å². The number of hydrogen-bond acceptors (Lipinski definition) is 10. The fraction of sp³-hybridized carbons (Fsp3) is 0.650. The van der Waals surface area contributed by atoms with E-state index in [9.17, 15) is 14.4 Å². The number of carbonyl (C=O) groups is 3. The first kappa shape index (κ1) is 58.8. The molecule has 3 aliphatic rings. The summed E-state index contributed by atoms with van der Waals surface area (Å²) in [6.45, 7) is 5.68. The van der Waals surface area contributed by atoms with Gasteiger partial charge in [0.15, 0.2) is 0 Å². The SMILES string of the molecule is CCCCCCCC(=O)NC(COP(=O)(OCC(NC(=O)CCCCCCC)c1cccc(OC2CCC2)c1)OCC(NC(=O)CCCCCCC)c1cccc(OC2CCC2)c1)c1cccc(OC2CCC2)c1. The molecule has 0 saturated heterocycles. The Morgan fingerprint density at radius 2 is 0.730 bits per heavy atom. The van der Waals surface area contributed by atoms with E-state index in [1.165, 1.54) is 0 Å². The third-order valence-corrected chi connectivity index (χ3v) is 16.0. The molecule has 3 amide bonds. The highest BCUT2D eigenvalue weighted by Crippen LogP contribution is 2.52. The van der Waals surface area contributed by atoms with Crippen LogP contribution < -0.4 is 30.2 Å². The van der Waals surface area contributed by atoms with Crippen LogP contribution in [0.15, 0.2) is 72.8 Å². The van der Waals surface area contributed by atoms with Crippen LogP contribution in [0.25, 0.3) is 0 Å². The van der Waals surface area contributed by atoms with E-state index in [4.69, 9.17) is 27.8 Å². The first-order valence-electron chi connectivity index (χ1n) is 28.8. The molecule has 0 bridgehead atoms. The second-order valence-electron chi connectivity index (χ2n) is 20.9. The van der Waals surface area contributed by atoms with Gasteiger partial charge in [-0.15, -0.1) is 0 Å². The van der Waals surface area contributed by atoms with E-state index in [0.717, 1.165) is 154 Å². The standard InChI is InChI=1S/C60H90N3O10P/c1-4-7-10-13-16-37-58(64)61-55(46-25-19-34-52(40-46)71-49-28-22-29-49)43-68-74(67,69-44-56(62-59(65)38-17-14-11-8-5-2)47-26-20-35-53(41-47)72-50-30-23-31-50)70-45-57(63-60(66)39-18-15-12-9-6-3)48-27-21-36-54(42-48)73-51-32-24-33-51/h19-21,25-27,34-36,40-42,49-51,55-57H,4-18,22-24,28-33,37-39,43-45H2,1-3H3,(H,61,64)(H,62,65)(H,63,66). The molecule has 0 spiro atoms. The zero-order valence-electron chi connectivity index (χ0n) is 45.1. The second kappa shape index (κ2) is 32.9. The Balaban J connectivity index is 1.28. The maximum Gasteiger partial charge on any atom is 0.475 e. The largest absolute Gasteiger partial charge is 0.490 e. The number of hydrogen-bond donors (Lipinski definition) is 3. The number of carbonyl (C=O) groups excluding carboxylic acids is 3. The van der Waals surface area contributed by atoms with E-state index >= 15 is 4.57 Å². The maximum absolute atomic E-state index is 15.6. The van der Waals surface area contributed by atoms with Crippen LogP contribution in [0.2, 0.25) is 0 Å². The lowest BCUT2D eigenvalue weighted by atomic mass is 9.96. The normalized spacial score (nSPS) is 16.9. The molecular weight excluding hydrogens is 954 g/mol. The molecule has 0 heterocycles. The summed E-state index contributed by atoms with van der Waals surface area (Å²) in [4.78, 5) is 41.1. The molecular formula is C60H90N3O10P. The highest BCUT2D eigenvalue weighted by atomic mass is 31.2. The van der Waals surface area contributed by atoms with Crippen molar-refractivity contribution in [1.82, 2.24) is 16.0 Å². The van der Waals surface area contributed by atoms with Gasteiger partial charge in [0.25, 0.3) is 0 Å². The zero-order valence-corrected chi connectivity index (χ0v) is 46.0. The van der Waals surface area contributed by atoms with Crippen molar-refractivity contribution in [3.63, 3.8) is 0 Å². The van der Waals surface area contributed by atoms with Gasteiger partial charge in [-0.3, -0.25) is 28.0 Å². The van der Waals surface area contributed by atoms with E-state index in [1.54, 1.807) is 0 Å². The number of rotatable bonds is 39. The van der Waals surface area contributed by atoms with Crippen molar-refractivity contribution < 1.29 is 46.7 Å². The molecule has 0 aliphatic heterocycles. The third-order valence-electron chi connectivity index (χ3n) is 14.6. The fourth-order valence-corrected chi connectivity index (χ4v) is 10.4. The average Bonchev–Trinajstić information content (AvgIpc) is 3.36. The van der Waals surface area contributed by atoms with Gasteiger partial charge in [0, 0.05) is 19.3 Å². The molecule has 6 rings (SSSR count). The number of amides is 3. The van der Waals surface area contributed by atoms with E-state index < -0.39 is 25.9 Å². The molecule has 0 aromatic heterocycles. The molecule has 3 atom stereocenters. The number of nitrogens with one attached hydrogen (secondary N) is 3. The monoisotopic (exact) mass is 1040 g/mol. The quantitative estimate of drug-likeness (QED) is 0.0371. The van der Waals surface area contributed by atoms with Gasteiger partial charge >= 0.3 is 7.82 Å². The topological polar surface area (TPSA) is 160 Å². The maximum atomic E-state index is 15.6. The van der Waals surface area contributed by atoms with Crippen LogP contribution >= 0.6 is 7.82 Å². The molecule has 0 radical (unpaired) electrons. The molecule has 3 aliphatic carbocycles. The predicted molar refractivity (Wildman–Crippen MR) is 292 cm³/mol. The fourth-order valence-electron chi connectivity index (χ4n) is 9.20. The van der Waals surface area contributed by atoms with Gasteiger partial charge in [-0.1, -0.05) is 134 Å². The zero-order chi connectivity index (χ0) is 52.2. The Hall–Kier alpha value is -4.42. The van der Waals surface area contributed by atoms with Crippen molar-refractivity contribution in [1.29, 1.82) is 0 Å². The molecule has 74 heavy (non-hydrogen) atoms. The van der Waals surface area contributed by atoms with Crippen LogP contribution in [0, 0.1) is 0 Å². The molecule has 3 unspecified atom stereocenters. The predicted octanol–water partition coefficient (Wildman–Crippen LogP) is 14.6. The van der Waals surface area contributed by atoms with Gasteiger partial charge < -0.3 is 30.2 Å². The Bertz CT molecular complexity index is 1930. The Kier molecular flexibility index (Phi) is 26.2. The summed E-state index contributed by atoms with van der Waals surface area (Å²) in [5, 5.41) is 9.52. The van der Waals surface area contributed by atoms with Gasteiger partial charge in [0.1, 0.15) is 17.2 Å². The summed E-state index contributed by atoms with van der Waals surface area (Å²) < 4.78 is 53.7. The highest BCUT2D eigenvalue weighted by molar-refractivity contribution is 7.48. The van der Waals surface area contributed by atoms with Crippen LogP contribution in [0.1, 0.15) is 229 Å². The van der Waals surface area contributed by atoms with E-state index in [-0.39, 0.29) is 55.9 Å². The smallest absolute Gasteiger partial charge is 0.475 e. The minimum absolute atomic E-state index is 0.139. The summed E-state index contributed by atoms with van der Waals surface area (Å²) in [6, 6.07) is 20.5. The first-order valence-corrected chi connectivity index (χ1v) is 30.3. The molecule has 3 aromatic carbocycles. The van der Waals surface area contributed by atoms with Crippen LogP contribution in [-0.2, 0) is 32.5 Å². The lowest BCUT2D eigenvalue weighted by Gasteiger charge is -2.29. The van der Waals surface area contributed by atoms with Gasteiger partial charge in [0.2, 0.25) is 17.7 Å². The van der Waals surface area contributed by atoms with Crippen molar-refractivity contribution in [2.45, 2.75) is 231 Å². The van der Waals surface area contributed by atoms with Crippen LogP contribution in [-0.4, -0.2) is 55.9 Å². The van der Waals surface area contributed by atoms with Crippen molar-refractivity contribution in [2.24, 2.45) is 0 Å². The van der Waals surface area contributed by atoms with Crippen LogP contribution in [0.5, 0.6) is 17.2 Å². The molecule has 3 N–H and O–H groups in total. The minimum Gasteiger partial charge on any atom is -0.490 e. The van der Waals surface area contributed by atoms with Crippen LogP contribution in [0.3, 0.4) is 0 Å². The Morgan fingerprint density at radius 1 is 0.446 bits per heavy atom. The summed E-state index contributed by atoms with van der Waals surface area (Å²) in [5.41, 5.74) is 2.15. The lowest BCUT2D eigenvalue weighted by Crippen LogP contribution is -2.33. The summed E-state index contributed by atoms with van der Waals surface area (Å²) in [5.74, 6) is 1.59. The number of unbranched alkanes of at least 4 members (excludes halogenated alkanes) is 12. The van der Waals surface area contributed by atoms with Gasteiger partial charge in [-0.05, 0) is 130 Å². The lowest BCUT2D eigenvalue weighted by molar-refractivity contribution is -0.123. The van der Waals surface area contributed by atoms with Crippen LogP contribution in [0.4, 0.5) is 0 Å². The number of ether oxygens (including phenoxy) is 3. The molecule has 13 nitrogen and oxygen atoms in total. The molecule has 410 valence electrons. The third kappa shape index (κ3) is 21.3. The van der Waals surface area contributed by atoms with Crippen molar-refractivity contribution in [3.8, 4) is 17.2 Å². The Morgan fingerprint density at radius 3 is 0.986 bits per heavy atom. The second-order valence-corrected chi connectivity index (χ2v) is 22.6. The van der Waals surface area contributed by atoms with Crippen molar-refractivity contribution in [2.75, 3.05) is 19.8 Å². The van der Waals surface area contributed by atoms with E-state index in [0.29, 0.717) is 53.2 Å². The van der Waals surface area contributed by atoms with E-state index in [2.05, 4.69) is 36.7 Å². The highest BCUT2D eigenvalue weighted by Gasteiger charge is 2.34. The molecule has 3 fully saturated rings. The molecule has 3 saturated carbocycles. The summed E-state index contributed by atoms with van der Waals surface area (Å²) in [6.07, 6.45) is 25.6. The minimum atomic E-state index is -4.61. The number of benzene rings is 3. The summed E-state index contributed by atoms with van der Waals surface area (Å²) >= 11 is 0. The van der Waals surface area contributed by atoms with E-state index in [1.807, 2.05) is 72.8 Å². The average molecular weight is 1040 g/mol. The number of phosphoric acid groups is 1. The van der Waals surface area contributed by atoms with Crippen molar-refractivity contribution in [3.05, 3.63) is 89.5 Å². The number of phosphoric ester groups is 1. The van der Waals surface area contributed by atoms with Crippen molar-refractivity contribution >= 4 is 25.5 Å².